The van der Waals surface area contributed by atoms with Crippen molar-refractivity contribution in [3.8, 4) is 0 Å². The van der Waals surface area contributed by atoms with Crippen molar-refractivity contribution in [2.45, 2.75) is 16.3 Å². The predicted octanol–water partition coefficient (Wildman–Crippen LogP) is -0.627. The van der Waals surface area contributed by atoms with E-state index in [0.717, 1.165) is 32.0 Å². The average Bonchev–Trinajstić information content (AvgIpc) is 2.89. The monoisotopic (exact) mass is 319 g/mol. The summed E-state index contributed by atoms with van der Waals surface area (Å²) in [5.41, 5.74) is 0. The number of sulfone groups is 1. The van der Waals surface area contributed by atoms with Crippen LogP contribution in [0.4, 0.5) is 0 Å². The summed E-state index contributed by atoms with van der Waals surface area (Å²) >= 11 is 0. The lowest BCUT2D eigenvalue weighted by molar-refractivity contribution is 0.538. The van der Waals surface area contributed by atoms with Crippen molar-refractivity contribution >= 4 is 19.9 Å². The molecule has 1 atom stereocenters. The fourth-order valence-electron chi connectivity index (χ4n) is 1.94. The van der Waals surface area contributed by atoms with Gasteiger partial charge in [-0.2, -0.15) is 0 Å². The molecule has 1 unspecified atom stereocenters. The van der Waals surface area contributed by atoms with Crippen molar-refractivity contribution in [2.75, 3.05) is 25.9 Å². The molecule has 2 N–H and O–H groups in total. The number of rotatable bonds is 5. The first-order valence-corrected chi connectivity index (χ1v) is 9.53. The van der Waals surface area contributed by atoms with Crippen molar-refractivity contribution in [3.05, 3.63) is 18.3 Å². The van der Waals surface area contributed by atoms with E-state index in [4.69, 9.17) is 0 Å². The number of hydrogen-bond acceptors (Lipinski definition) is 6. The van der Waals surface area contributed by atoms with Crippen molar-refractivity contribution in [1.82, 2.24) is 15.0 Å². The van der Waals surface area contributed by atoms with Crippen LogP contribution in [0.2, 0.25) is 0 Å². The van der Waals surface area contributed by atoms with E-state index in [1.807, 2.05) is 0 Å². The second-order valence-corrected chi connectivity index (χ2v) is 8.54. The van der Waals surface area contributed by atoms with Crippen molar-refractivity contribution < 1.29 is 16.8 Å². The van der Waals surface area contributed by atoms with Crippen LogP contribution in [0.15, 0.2) is 28.3 Å². The molecule has 1 saturated heterocycles. The summed E-state index contributed by atoms with van der Waals surface area (Å²) in [5.74, 6) is 0.285. The highest BCUT2D eigenvalue weighted by atomic mass is 32.2. The summed E-state index contributed by atoms with van der Waals surface area (Å²) in [6.45, 7) is 2.06. The van der Waals surface area contributed by atoms with Crippen LogP contribution in [0.1, 0.15) is 6.42 Å². The highest BCUT2D eigenvalue weighted by molar-refractivity contribution is 7.90. The van der Waals surface area contributed by atoms with Crippen LogP contribution in [0.5, 0.6) is 0 Å². The smallest absolute Gasteiger partial charge is 0.242 e. The van der Waals surface area contributed by atoms with Crippen LogP contribution < -0.4 is 10.0 Å². The van der Waals surface area contributed by atoms with E-state index in [1.54, 1.807) is 0 Å². The zero-order valence-corrected chi connectivity index (χ0v) is 12.7. The lowest BCUT2D eigenvalue weighted by Gasteiger charge is -2.10. The number of nitrogens with zero attached hydrogens (tertiary/aromatic N) is 1. The number of hydrogen-bond donors (Lipinski definition) is 2. The minimum Gasteiger partial charge on any atom is -0.316 e. The Kier molecular flexibility index (Phi) is 4.43. The number of aromatic nitrogens is 1. The fourth-order valence-corrected chi connectivity index (χ4v) is 3.56. The normalized spacial score (nSPS) is 20.1. The Hall–Kier alpha value is -1.03. The Morgan fingerprint density at radius 2 is 2.10 bits per heavy atom. The molecule has 1 fully saturated rings. The Bertz CT molecular complexity index is 662. The van der Waals surface area contributed by atoms with Crippen LogP contribution in [0.25, 0.3) is 0 Å². The lowest BCUT2D eigenvalue weighted by atomic mass is 10.1. The third-order valence-corrected chi connectivity index (χ3v) is 5.53. The maximum absolute atomic E-state index is 12.0. The van der Waals surface area contributed by atoms with Crippen LogP contribution >= 0.6 is 0 Å². The second-order valence-electron chi connectivity index (χ2n) is 4.82. The molecule has 112 valence electrons. The van der Waals surface area contributed by atoms with Crippen LogP contribution in [-0.4, -0.2) is 47.7 Å². The number of nitrogens with one attached hydrogen (secondary N) is 2. The molecule has 0 radical (unpaired) electrons. The highest BCUT2D eigenvalue weighted by Gasteiger charge is 2.20. The van der Waals surface area contributed by atoms with Crippen molar-refractivity contribution in [1.29, 1.82) is 0 Å². The van der Waals surface area contributed by atoms with Gasteiger partial charge in [0.25, 0.3) is 0 Å². The van der Waals surface area contributed by atoms with Crippen LogP contribution in [0.3, 0.4) is 0 Å². The molecule has 0 saturated carbocycles. The summed E-state index contributed by atoms with van der Waals surface area (Å²) in [4.78, 5) is 3.64. The van der Waals surface area contributed by atoms with Crippen molar-refractivity contribution in [2.24, 2.45) is 5.92 Å². The summed E-state index contributed by atoms with van der Waals surface area (Å²) in [7, 11) is -7.07. The van der Waals surface area contributed by atoms with E-state index in [9.17, 15) is 16.8 Å². The minimum atomic E-state index is -3.65. The second kappa shape index (κ2) is 5.76. The van der Waals surface area contributed by atoms with E-state index in [-0.39, 0.29) is 15.8 Å². The van der Waals surface area contributed by atoms with Gasteiger partial charge in [0.2, 0.25) is 10.0 Å². The molecule has 1 aromatic rings. The molecule has 1 aliphatic rings. The lowest BCUT2D eigenvalue weighted by Crippen LogP contribution is -2.30. The summed E-state index contributed by atoms with van der Waals surface area (Å²) < 4.78 is 49.1. The first-order valence-electron chi connectivity index (χ1n) is 6.15. The van der Waals surface area contributed by atoms with E-state index in [0.29, 0.717) is 6.54 Å². The third kappa shape index (κ3) is 3.75. The molecule has 20 heavy (non-hydrogen) atoms. The molecule has 1 aliphatic heterocycles. The van der Waals surface area contributed by atoms with Gasteiger partial charge in [0.15, 0.2) is 14.9 Å². The maximum Gasteiger partial charge on any atom is 0.242 e. The molecule has 1 aromatic heterocycles. The standard InChI is InChI=1S/C11H17N3O4S2/c1-19(15,16)11-3-2-10(8-13-11)20(17,18)14-7-9-4-5-12-6-9/h2-3,8-9,12,14H,4-7H2,1H3. The van der Waals surface area contributed by atoms with Gasteiger partial charge in [-0.1, -0.05) is 0 Å². The van der Waals surface area contributed by atoms with Gasteiger partial charge < -0.3 is 5.32 Å². The topological polar surface area (TPSA) is 105 Å². The molecular weight excluding hydrogens is 302 g/mol. The average molecular weight is 319 g/mol. The molecule has 0 amide bonds. The Balaban J connectivity index is 2.09. The zero-order chi connectivity index (χ0) is 14.8. The fraction of sp³-hybridized carbons (Fsp3) is 0.545. The minimum absolute atomic E-state index is 0.0316. The summed E-state index contributed by atoms with van der Waals surface area (Å²) in [5, 5.41) is 3.02. The van der Waals surface area contributed by atoms with Gasteiger partial charge in [0.1, 0.15) is 4.90 Å². The van der Waals surface area contributed by atoms with Gasteiger partial charge in [0.05, 0.1) is 0 Å². The van der Waals surface area contributed by atoms with Gasteiger partial charge >= 0.3 is 0 Å². The molecule has 2 rings (SSSR count). The maximum atomic E-state index is 12.0. The van der Waals surface area contributed by atoms with E-state index < -0.39 is 19.9 Å². The van der Waals surface area contributed by atoms with Crippen LogP contribution in [0, 0.1) is 5.92 Å². The largest absolute Gasteiger partial charge is 0.316 e. The molecule has 9 heteroatoms. The molecule has 0 spiro atoms. The van der Waals surface area contributed by atoms with E-state index in [2.05, 4.69) is 15.0 Å². The highest BCUT2D eigenvalue weighted by Crippen LogP contribution is 2.12. The van der Waals surface area contributed by atoms with Gasteiger partial charge in [-0.25, -0.2) is 26.5 Å². The van der Waals surface area contributed by atoms with Gasteiger partial charge in [-0.3, -0.25) is 0 Å². The molecular formula is C11H17N3O4S2. The first kappa shape index (κ1) is 15.4. The Labute approximate surface area is 118 Å². The Morgan fingerprint density at radius 1 is 1.35 bits per heavy atom. The molecule has 0 bridgehead atoms. The van der Waals surface area contributed by atoms with E-state index >= 15 is 0 Å². The quantitative estimate of drug-likeness (QED) is 0.749. The van der Waals surface area contributed by atoms with Gasteiger partial charge in [0, 0.05) is 19.0 Å². The summed E-state index contributed by atoms with van der Waals surface area (Å²) in [6, 6.07) is 2.44. The van der Waals surface area contributed by atoms with Crippen LogP contribution in [-0.2, 0) is 19.9 Å². The van der Waals surface area contributed by atoms with Gasteiger partial charge in [-0.15, -0.1) is 0 Å². The SMILES string of the molecule is CS(=O)(=O)c1ccc(S(=O)(=O)NCC2CCNC2)cn1. The van der Waals surface area contributed by atoms with Crippen molar-refractivity contribution in [3.63, 3.8) is 0 Å². The third-order valence-electron chi connectivity index (χ3n) is 3.12. The van der Waals surface area contributed by atoms with Gasteiger partial charge in [-0.05, 0) is 37.6 Å². The van der Waals surface area contributed by atoms with E-state index in [1.165, 1.54) is 12.1 Å². The first-order chi connectivity index (χ1) is 9.29. The molecule has 2 heterocycles. The molecule has 0 aliphatic carbocycles. The molecule has 0 aromatic carbocycles. The number of pyridine rings is 1. The zero-order valence-electron chi connectivity index (χ0n) is 11.0. The summed E-state index contributed by atoms with van der Waals surface area (Å²) in [6.07, 6.45) is 3.02. The predicted molar refractivity (Wildman–Crippen MR) is 73.5 cm³/mol. The Morgan fingerprint density at radius 3 is 2.60 bits per heavy atom. The number of sulfonamides is 1. The molecule has 7 nitrogen and oxygen atoms in total.